The first-order chi connectivity index (χ1) is 14.1. The molecule has 1 saturated heterocycles. The molecule has 7 heteroatoms. The first-order valence-electron chi connectivity index (χ1n) is 10.9. The van der Waals surface area contributed by atoms with Crippen LogP contribution in [0.4, 0.5) is 0 Å². The van der Waals surface area contributed by atoms with Crippen molar-refractivity contribution in [1.29, 1.82) is 0 Å². The predicted octanol–water partition coefficient (Wildman–Crippen LogP) is 3.60. The third-order valence-corrected chi connectivity index (χ3v) is 7.41. The quantitative estimate of drug-likeness (QED) is 0.666. The average molecular weight is 484 g/mol. The Hall–Kier alpha value is -0.860. The van der Waals surface area contributed by atoms with E-state index in [0.717, 1.165) is 36.7 Å². The molecule has 4 rings (SSSR count). The number of fused-ring (bicyclic) bond motifs is 3. The first kappa shape index (κ1) is 22.3. The van der Waals surface area contributed by atoms with Crippen LogP contribution in [0.1, 0.15) is 63.6 Å². The molecule has 2 heterocycles. The number of piperidine rings is 1. The van der Waals surface area contributed by atoms with Crippen LogP contribution < -0.4 is 9.47 Å². The zero-order chi connectivity index (χ0) is 21.7. The summed E-state index contributed by atoms with van der Waals surface area (Å²) in [5, 5.41) is 21.2. The van der Waals surface area contributed by atoms with Crippen LogP contribution in [0.25, 0.3) is 0 Å². The summed E-state index contributed by atoms with van der Waals surface area (Å²) in [6, 6.07) is 2.17. The zero-order valence-electron chi connectivity index (χ0n) is 18.4. The Balaban J connectivity index is 1.58. The third-order valence-electron chi connectivity index (χ3n) is 6.57. The Labute approximate surface area is 187 Å². The summed E-state index contributed by atoms with van der Waals surface area (Å²) >= 11 is 3.76. The van der Waals surface area contributed by atoms with Crippen LogP contribution in [0.2, 0.25) is 0 Å². The molecule has 0 aromatic heterocycles. The van der Waals surface area contributed by atoms with Crippen molar-refractivity contribution in [2.24, 2.45) is 0 Å². The number of aliphatic hydroxyl groups is 2. The van der Waals surface area contributed by atoms with Gasteiger partial charge in [0.05, 0.1) is 35.0 Å². The van der Waals surface area contributed by atoms with E-state index in [2.05, 4.69) is 26.9 Å². The summed E-state index contributed by atoms with van der Waals surface area (Å²) in [4.78, 5) is 2.41. The van der Waals surface area contributed by atoms with Gasteiger partial charge in [-0.1, -0.05) is 0 Å². The maximum Gasteiger partial charge on any atom is 0.175 e. The molecule has 0 bridgehead atoms. The molecule has 1 aromatic carbocycles. The van der Waals surface area contributed by atoms with Gasteiger partial charge in [-0.15, -0.1) is 0 Å². The second-order valence-corrected chi connectivity index (χ2v) is 10.8. The van der Waals surface area contributed by atoms with Crippen molar-refractivity contribution in [3.8, 4) is 11.5 Å². The number of rotatable bonds is 5. The molecule has 2 aliphatic heterocycles. The van der Waals surface area contributed by atoms with Gasteiger partial charge in [-0.25, -0.2) is 0 Å². The Morgan fingerprint density at radius 1 is 1.30 bits per heavy atom. The minimum absolute atomic E-state index is 0.124. The summed E-state index contributed by atoms with van der Waals surface area (Å²) in [7, 11) is 1.64. The van der Waals surface area contributed by atoms with Gasteiger partial charge in [0.25, 0.3) is 0 Å². The first-order valence-corrected chi connectivity index (χ1v) is 11.7. The van der Waals surface area contributed by atoms with E-state index >= 15 is 0 Å². The SMILES string of the molecule is COc1cc2c(c(Br)c1OCC1(O)CCC1)CCN1C[C@@H](OC(C)(C)C)[C@H](O)C[C@H]21. The molecular weight excluding hydrogens is 450 g/mol. The van der Waals surface area contributed by atoms with Gasteiger partial charge in [-0.3, -0.25) is 4.90 Å². The summed E-state index contributed by atoms with van der Waals surface area (Å²) in [5.41, 5.74) is 1.38. The molecule has 0 unspecified atom stereocenters. The highest BCUT2D eigenvalue weighted by atomic mass is 79.9. The highest BCUT2D eigenvalue weighted by Gasteiger charge is 2.42. The van der Waals surface area contributed by atoms with Gasteiger partial charge in [0.2, 0.25) is 0 Å². The topological polar surface area (TPSA) is 71.4 Å². The molecule has 1 aromatic rings. The van der Waals surface area contributed by atoms with Crippen molar-refractivity contribution in [3.63, 3.8) is 0 Å². The number of aliphatic hydroxyl groups excluding tert-OH is 1. The van der Waals surface area contributed by atoms with E-state index in [9.17, 15) is 10.2 Å². The minimum Gasteiger partial charge on any atom is -0.493 e. The maximum absolute atomic E-state index is 10.8. The van der Waals surface area contributed by atoms with E-state index in [1.807, 2.05) is 20.8 Å². The van der Waals surface area contributed by atoms with Crippen LogP contribution in [0.15, 0.2) is 10.5 Å². The van der Waals surface area contributed by atoms with Crippen LogP contribution in [0.3, 0.4) is 0 Å². The Bertz CT molecular complexity index is 789. The maximum atomic E-state index is 10.8. The van der Waals surface area contributed by atoms with E-state index in [4.69, 9.17) is 14.2 Å². The molecule has 0 radical (unpaired) electrons. The largest absolute Gasteiger partial charge is 0.493 e. The van der Waals surface area contributed by atoms with Gasteiger partial charge in [-0.2, -0.15) is 0 Å². The lowest BCUT2D eigenvalue weighted by molar-refractivity contribution is -0.149. The van der Waals surface area contributed by atoms with Crippen LogP contribution >= 0.6 is 15.9 Å². The number of ether oxygens (including phenoxy) is 3. The number of methoxy groups -OCH3 is 1. The molecule has 3 atom stereocenters. The van der Waals surface area contributed by atoms with E-state index in [1.54, 1.807) is 7.11 Å². The lowest BCUT2D eigenvalue weighted by Crippen LogP contribution is -2.53. The van der Waals surface area contributed by atoms with Gasteiger partial charge >= 0.3 is 0 Å². The van der Waals surface area contributed by atoms with Gasteiger partial charge in [0.15, 0.2) is 11.5 Å². The summed E-state index contributed by atoms with van der Waals surface area (Å²) < 4.78 is 18.7. The molecular formula is C23H34BrNO5. The molecule has 2 fully saturated rings. The van der Waals surface area contributed by atoms with E-state index in [1.165, 1.54) is 11.1 Å². The molecule has 2 N–H and O–H groups in total. The number of hydrogen-bond donors (Lipinski definition) is 2. The molecule has 1 saturated carbocycles. The Kier molecular flexibility index (Phi) is 6.14. The molecule has 3 aliphatic rings. The van der Waals surface area contributed by atoms with Gasteiger partial charge in [0, 0.05) is 19.1 Å². The number of hydrogen-bond acceptors (Lipinski definition) is 6. The minimum atomic E-state index is -0.716. The molecule has 30 heavy (non-hydrogen) atoms. The Morgan fingerprint density at radius 3 is 2.63 bits per heavy atom. The summed E-state index contributed by atoms with van der Waals surface area (Å²) in [5.74, 6) is 1.32. The summed E-state index contributed by atoms with van der Waals surface area (Å²) in [6.45, 7) is 7.99. The highest BCUT2D eigenvalue weighted by Crippen LogP contribution is 2.48. The van der Waals surface area contributed by atoms with Crippen molar-refractivity contribution in [3.05, 3.63) is 21.7 Å². The second kappa shape index (κ2) is 8.24. The van der Waals surface area contributed by atoms with Crippen molar-refractivity contribution in [2.45, 2.75) is 82.3 Å². The monoisotopic (exact) mass is 483 g/mol. The second-order valence-electron chi connectivity index (χ2n) is 9.99. The normalized spacial score (nSPS) is 28.3. The number of nitrogens with zero attached hydrogens (tertiary/aromatic N) is 1. The molecule has 0 amide bonds. The van der Waals surface area contributed by atoms with Gasteiger partial charge < -0.3 is 24.4 Å². The Morgan fingerprint density at radius 2 is 2.03 bits per heavy atom. The van der Waals surface area contributed by atoms with Gasteiger partial charge in [-0.05, 0) is 86.0 Å². The summed E-state index contributed by atoms with van der Waals surface area (Å²) in [6.07, 6.45) is 3.43. The van der Waals surface area contributed by atoms with Crippen molar-refractivity contribution < 1.29 is 24.4 Å². The fraction of sp³-hybridized carbons (Fsp3) is 0.739. The number of halogens is 1. The zero-order valence-corrected chi connectivity index (χ0v) is 20.0. The molecule has 168 valence electrons. The predicted molar refractivity (Wildman–Crippen MR) is 118 cm³/mol. The van der Waals surface area contributed by atoms with Crippen molar-refractivity contribution >= 4 is 15.9 Å². The van der Waals surface area contributed by atoms with Gasteiger partial charge in [0.1, 0.15) is 6.61 Å². The van der Waals surface area contributed by atoms with E-state index in [-0.39, 0.29) is 24.4 Å². The van der Waals surface area contributed by atoms with Crippen LogP contribution in [-0.4, -0.2) is 65.3 Å². The fourth-order valence-corrected chi connectivity index (χ4v) is 5.58. The smallest absolute Gasteiger partial charge is 0.175 e. The lowest BCUT2D eigenvalue weighted by atomic mass is 9.81. The fourth-order valence-electron chi connectivity index (χ4n) is 4.84. The van der Waals surface area contributed by atoms with Crippen LogP contribution in [0, 0.1) is 0 Å². The highest BCUT2D eigenvalue weighted by molar-refractivity contribution is 9.10. The molecule has 6 nitrogen and oxygen atoms in total. The van der Waals surface area contributed by atoms with Crippen LogP contribution in [-0.2, 0) is 11.2 Å². The van der Waals surface area contributed by atoms with E-state index < -0.39 is 11.7 Å². The van der Waals surface area contributed by atoms with Crippen LogP contribution in [0.5, 0.6) is 11.5 Å². The number of benzene rings is 1. The van der Waals surface area contributed by atoms with Crippen molar-refractivity contribution in [1.82, 2.24) is 4.90 Å². The lowest BCUT2D eigenvalue weighted by Gasteiger charge is -2.47. The van der Waals surface area contributed by atoms with Crippen molar-refractivity contribution in [2.75, 3.05) is 26.8 Å². The third kappa shape index (κ3) is 4.37. The standard InChI is InChI=1S/C23H34BrNO5/c1-22(2,3)30-19-12-25-9-6-14-15(16(25)11-17(19)26)10-18(28-4)21(20(14)24)29-13-23(27)7-5-8-23/h10,16-17,19,26-27H,5-9,11-13H2,1-4H3/t16-,17-,19-/m1/s1. The molecule has 1 aliphatic carbocycles. The molecule has 0 spiro atoms. The van der Waals surface area contributed by atoms with E-state index in [0.29, 0.717) is 24.5 Å². The average Bonchev–Trinajstić information content (AvgIpc) is 2.65.